The van der Waals surface area contributed by atoms with Crippen LogP contribution in [0.5, 0.6) is 0 Å². The van der Waals surface area contributed by atoms with E-state index in [-0.39, 0.29) is 0 Å². The summed E-state index contributed by atoms with van der Waals surface area (Å²) >= 11 is 0. The van der Waals surface area contributed by atoms with Crippen molar-refractivity contribution in [2.45, 2.75) is 18.8 Å². The zero-order valence-electron chi connectivity index (χ0n) is 12.3. The van der Waals surface area contributed by atoms with Crippen LogP contribution >= 0.6 is 0 Å². The first kappa shape index (κ1) is 13.0. The SMILES string of the molecule is C(=C\c1ccccn1)/c1ccc(-n2ccnc2C2CC2)cc1. The maximum atomic E-state index is 4.49. The Kier molecular flexibility index (Phi) is 3.31. The van der Waals surface area contributed by atoms with E-state index in [0.717, 1.165) is 5.69 Å². The molecular formula is C19H17N3. The summed E-state index contributed by atoms with van der Waals surface area (Å²) in [5.41, 5.74) is 3.31. The Morgan fingerprint density at radius 3 is 2.50 bits per heavy atom. The van der Waals surface area contributed by atoms with Crippen LogP contribution in [-0.4, -0.2) is 14.5 Å². The monoisotopic (exact) mass is 287 g/mol. The minimum Gasteiger partial charge on any atom is -0.304 e. The molecule has 3 nitrogen and oxygen atoms in total. The van der Waals surface area contributed by atoms with Crippen LogP contribution in [0.2, 0.25) is 0 Å². The first-order chi connectivity index (χ1) is 10.9. The average Bonchev–Trinajstić information content (AvgIpc) is 3.31. The molecule has 1 aromatic carbocycles. The molecule has 0 aliphatic heterocycles. The second kappa shape index (κ2) is 5.60. The Labute approximate surface area is 130 Å². The molecule has 0 radical (unpaired) electrons. The van der Waals surface area contributed by atoms with Gasteiger partial charge in [0.15, 0.2) is 0 Å². The first-order valence-electron chi connectivity index (χ1n) is 7.63. The minimum atomic E-state index is 0.652. The van der Waals surface area contributed by atoms with Gasteiger partial charge in [-0.25, -0.2) is 4.98 Å². The largest absolute Gasteiger partial charge is 0.304 e. The number of aromatic nitrogens is 3. The Balaban J connectivity index is 1.55. The second-order valence-electron chi connectivity index (χ2n) is 5.61. The van der Waals surface area contributed by atoms with Crippen LogP contribution in [-0.2, 0) is 0 Å². The Bertz CT molecular complexity index is 781. The van der Waals surface area contributed by atoms with Gasteiger partial charge < -0.3 is 4.57 Å². The zero-order valence-corrected chi connectivity index (χ0v) is 12.3. The number of benzene rings is 1. The molecule has 1 fully saturated rings. The summed E-state index contributed by atoms with van der Waals surface area (Å²) in [6.07, 6.45) is 12.4. The topological polar surface area (TPSA) is 30.7 Å². The van der Waals surface area contributed by atoms with Gasteiger partial charge in [-0.3, -0.25) is 4.98 Å². The van der Waals surface area contributed by atoms with Crippen LogP contribution in [0.1, 0.15) is 35.8 Å². The zero-order chi connectivity index (χ0) is 14.8. The van der Waals surface area contributed by atoms with Crippen molar-refractivity contribution < 1.29 is 0 Å². The lowest BCUT2D eigenvalue weighted by Crippen LogP contribution is -1.98. The van der Waals surface area contributed by atoms with E-state index in [4.69, 9.17) is 0 Å². The van der Waals surface area contributed by atoms with Crippen molar-refractivity contribution in [1.82, 2.24) is 14.5 Å². The van der Waals surface area contributed by atoms with Gasteiger partial charge in [-0.05, 0) is 48.7 Å². The smallest absolute Gasteiger partial charge is 0.116 e. The quantitative estimate of drug-likeness (QED) is 0.715. The van der Waals surface area contributed by atoms with E-state index in [0.29, 0.717) is 5.92 Å². The molecule has 108 valence electrons. The van der Waals surface area contributed by atoms with Crippen molar-refractivity contribution in [3.63, 3.8) is 0 Å². The number of hydrogen-bond acceptors (Lipinski definition) is 2. The molecule has 4 rings (SSSR count). The highest BCUT2D eigenvalue weighted by molar-refractivity contribution is 5.68. The van der Waals surface area contributed by atoms with E-state index < -0.39 is 0 Å². The molecule has 0 amide bonds. The van der Waals surface area contributed by atoms with Crippen molar-refractivity contribution in [2.24, 2.45) is 0 Å². The van der Waals surface area contributed by atoms with Crippen molar-refractivity contribution in [2.75, 3.05) is 0 Å². The summed E-state index contributed by atoms with van der Waals surface area (Å²) < 4.78 is 2.20. The molecule has 1 saturated carbocycles. The van der Waals surface area contributed by atoms with Gasteiger partial charge in [-0.2, -0.15) is 0 Å². The molecule has 3 heteroatoms. The highest BCUT2D eigenvalue weighted by Crippen LogP contribution is 2.39. The number of hydrogen-bond donors (Lipinski definition) is 0. The van der Waals surface area contributed by atoms with E-state index in [2.05, 4.69) is 44.9 Å². The van der Waals surface area contributed by atoms with Crippen LogP contribution in [0.4, 0.5) is 0 Å². The van der Waals surface area contributed by atoms with Crippen molar-refractivity contribution >= 4 is 12.2 Å². The predicted octanol–water partition coefficient (Wildman–Crippen LogP) is 4.32. The van der Waals surface area contributed by atoms with Gasteiger partial charge in [0, 0.05) is 30.2 Å². The van der Waals surface area contributed by atoms with Crippen LogP contribution in [0.25, 0.3) is 17.8 Å². The first-order valence-corrected chi connectivity index (χ1v) is 7.63. The molecule has 0 atom stereocenters. The maximum Gasteiger partial charge on any atom is 0.116 e. The summed E-state index contributed by atoms with van der Waals surface area (Å²) in [7, 11) is 0. The fourth-order valence-corrected chi connectivity index (χ4v) is 2.58. The standard InChI is InChI=1S/C19H17N3/c1-2-12-20-17(3-1)9-4-15-5-10-18(11-6-15)22-14-13-21-19(22)16-7-8-16/h1-6,9-14,16H,7-8H2/b9-4+. The molecule has 1 aliphatic rings. The van der Waals surface area contributed by atoms with E-state index in [1.807, 2.05) is 36.7 Å². The Morgan fingerprint density at radius 2 is 1.77 bits per heavy atom. The summed E-state index contributed by atoms with van der Waals surface area (Å²) in [5, 5.41) is 0. The van der Waals surface area contributed by atoms with Crippen molar-refractivity contribution in [3.8, 4) is 5.69 Å². The molecule has 1 aliphatic carbocycles. The van der Waals surface area contributed by atoms with Gasteiger partial charge in [0.25, 0.3) is 0 Å². The second-order valence-corrected chi connectivity index (χ2v) is 5.61. The third kappa shape index (κ3) is 2.70. The van der Waals surface area contributed by atoms with Gasteiger partial charge in [0.2, 0.25) is 0 Å². The van der Waals surface area contributed by atoms with Gasteiger partial charge in [0.05, 0.1) is 5.69 Å². The summed E-state index contributed by atoms with van der Waals surface area (Å²) in [4.78, 5) is 8.78. The third-order valence-corrected chi connectivity index (χ3v) is 3.92. The molecule has 22 heavy (non-hydrogen) atoms. The lowest BCUT2D eigenvalue weighted by atomic mass is 10.1. The van der Waals surface area contributed by atoms with Crippen molar-refractivity contribution in [1.29, 1.82) is 0 Å². The van der Waals surface area contributed by atoms with Crippen molar-refractivity contribution in [3.05, 3.63) is 78.1 Å². The molecule has 0 N–H and O–H groups in total. The Hall–Kier alpha value is -2.68. The number of imidazole rings is 1. The van der Waals surface area contributed by atoms with E-state index in [1.54, 1.807) is 6.20 Å². The average molecular weight is 287 g/mol. The molecular weight excluding hydrogens is 270 g/mol. The van der Waals surface area contributed by atoms with Gasteiger partial charge in [0.1, 0.15) is 5.82 Å². The third-order valence-electron chi connectivity index (χ3n) is 3.92. The van der Waals surface area contributed by atoms with Crippen LogP contribution in [0.3, 0.4) is 0 Å². The summed E-state index contributed by atoms with van der Waals surface area (Å²) in [5.74, 6) is 1.84. The highest BCUT2D eigenvalue weighted by Gasteiger charge is 2.28. The van der Waals surface area contributed by atoms with Gasteiger partial charge >= 0.3 is 0 Å². The van der Waals surface area contributed by atoms with Crippen LogP contribution < -0.4 is 0 Å². The fourth-order valence-electron chi connectivity index (χ4n) is 2.58. The predicted molar refractivity (Wildman–Crippen MR) is 88.7 cm³/mol. The maximum absolute atomic E-state index is 4.49. The molecule has 0 spiro atoms. The lowest BCUT2D eigenvalue weighted by Gasteiger charge is -2.07. The lowest BCUT2D eigenvalue weighted by molar-refractivity contribution is 0.880. The number of nitrogens with zero attached hydrogens (tertiary/aromatic N) is 3. The van der Waals surface area contributed by atoms with Crippen LogP contribution in [0, 0.1) is 0 Å². The molecule has 2 aromatic heterocycles. The Morgan fingerprint density at radius 1 is 0.909 bits per heavy atom. The van der Waals surface area contributed by atoms with Gasteiger partial charge in [-0.15, -0.1) is 0 Å². The molecule has 0 unspecified atom stereocenters. The number of rotatable bonds is 4. The minimum absolute atomic E-state index is 0.652. The van der Waals surface area contributed by atoms with E-state index in [1.165, 1.54) is 29.9 Å². The molecule has 0 bridgehead atoms. The molecule has 3 aromatic rings. The number of pyridine rings is 1. The normalized spacial score (nSPS) is 14.5. The molecule has 0 saturated heterocycles. The summed E-state index contributed by atoms with van der Waals surface area (Å²) in [6, 6.07) is 14.5. The highest BCUT2D eigenvalue weighted by atomic mass is 15.1. The van der Waals surface area contributed by atoms with Gasteiger partial charge in [-0.1, -0.05) is 24.3 Å². The van der Waals surface area contributed by atoms with Crippen LogP contribution in [0.15, 0.2) is 61.1 Å². The fraction of sp³-hybridized carbons (Fsp3) is 0.158. The summed E-state index contributed by atoms with van der Waals surface area (Å²) in [6.45, 7) is 0. The van der Waals surface area contributed by atoms with E-state index >= 15 is 0 Å². The molecule has 2 heterocycles. The van der Waals surface area contributed by atoms with E-state index in [9.17, 15) is 0 Å².